The zero-order valence-corrected chi connectivity index (χ0v) is 15.2. The summed E-state index contributed by atoms with van der Waals surface area (Å²) in [6.07, 6.45) is 5.45. The molecule has 2 fully saturated rings. The lowest BCUT2D eigenvalue weighted by molar-refractivity contribution is -0.136. The predicted molar refractivity (Wildman–Crippen MR) is 96.8 cm³/mol. The highest BCUT2D eigenvalue weighted by atomic mass is 35.5. The van der Waals surface area contributed by atoms with Gasteiger partial charge in [-0.3, -0.25) is 4.79 Å². The van der Waals surface area contributed by atoms with E-state index in [0.717, 1.165) is 44.0 Å². The molecule has 3 nitrogen and oxygen atoms in total. The number of carbonyl (C=O) groups excluding carboxylic acids is 1. The third-order valence-corrected chi connectivity index (χ3v) is 5.05. The lowest BCUT2D eigenvalue weighted by Crippen LogP contribution is -2.47. The van der Waals surface area contributed by atoms with Crippen LogP contribution in [0.25, 0.3) is 0 Å². The minimum atomic E-state index is -0.232. The van der Waals surface area contributed by atoms with E-state index in [4.69, 9.17) is 0 Å². The van der Waals surface area contributed by atoms with Crippen molar-refractivity contribution >= 4 is 18.3 Å². The maximum absolute atomic E-state index is 13.2. The first-order chi connectivity index (χ1) is 11.1. The summed E-state index contributed by atoms with van der Waals surface area (Å²) in [7, 11) is 0. The molecule has 1 aromatic rings. The molecule has 5 heteroatoms. The van der Waals surface area contributed by atoms with Crippen molar-refractivity contribution in [1.82, 2.24) is 10.2 Å². The molecule has 0 aromatic heterocycles. The van der Waals surface area contributed by atoms with Gasteiger partial charge >= 0.3 is 0 Å². The van der Waals surface area contributed by atoms with Gasteiger partial charge in [-0.1, -0.05) is 19.1 Å². The van der Waals surface area contributed by atoms with Gasteiger partial charge in [0.05, 0.1) is 0 Å². The first-order valence-corrected chi connectivity index (χ1v) is 8.88. The highest BCUT2D eigenvalue weighted by Gasteiger charge is 2.27. The zero-order valence-electron chi connectivity index (χ0n) is 14.3. The highest BCUT2D eigenvalue weighted by molar-refractivity contribution is 5.85. The van der Waals surface area contributed by atoms with Gasteiger partial charge in [-0.2, -0.15) is 0 Å². The number of rotatable bonds is 6. The van der Waals surface area contributed by atoms with Crippen LogP contribution in [-0.4, -0.2) is 36.5 Å². The minimum Gasteiger partial charge on any atom is -0.342 e. The number of nitrogens with zero attached hydrogens (tertiary/aromatic N) is 1. The van der Waals surface area contributed by atoms with Gasteiger partial charge in [0.1, 0.15) is 5.82 Å². The van der Waals surface area contributed by atoms with Gasteiger partial charge in [0.25, 0.3) is 0 Å². The molecule has 1 heterocycles. The average molecular weight is 355 g/mol. The summed E-state index contributed by atoms with van der Waals surface area (Å²) in [6.45, 7) is 4.78. The van der Waals surface area contributed by atoms with Crippen LogP contribution in [0.4, 0.5) is 4.39 Å². The largest absolute Gasteiger partial charge is 0.342 e. The number of hydrogen-bond acceptors (Lipinski definition) is 2. The van der Waals surface area contributed by atoms with Crippen molar-refractivity contribution in [3.8, 4) is 0 Å². The van der Waals surface area contributed by atoms with Crippen LogP contribution in [0, 0.1) is 17.7 Å². The Morgan fingerprint density at radius 2 is 2.00 bits per heavy atom. The monoisotopic (exact) mass is 354 g/mol. The molecule has 1 aliphatic heterocycles. The van der Waals surface area contributed by atoms with Gasteiger partial charge < -0.3 is 10.2 Å². The molecule has 2 aliphatic rings. The van der Waals surface area contributed by atoms with Crippen molar-refractivity contribution in [2.75, 3.05) is 19.6 Å². The Morgan fingerprint density at radius 3 is 2.62 bits per heavy atom. The van der Waals surface area contributed by atoms with Gasteiger partial charge in [-0.05, 0) is 62.3 Å². The number of amides is 1. The maximum atomic E-state index is 13.2. The van der Waals surface area contributed by atoms with E-state index in [2.05, 4.69) is 5.32 Å². The summed E-state index contributed by atoms with van der Waals surface area (Å²) in [6, 6.07) is 7.13. The Bertz CT molecular complexity index is 542. The molecule has 134 valence electrons. The Hall–Kier alpha value is -1.13. The van der Waals surface area contributed by atoms with Gasteiger partial charge in [0.15, 0.2) is 0 Å². The Morgan fingerprint density at radius 1 is 1.29 bits per heavy atom. The van der Waals surface area contributed by atoms with Crippen molar-refractivity contribution in [3.05, 3.63) is 35.6 Å². The van der Waals surface area contributed by atoms with Gasteiger partial charge in [0.2, 0.25) is 5.91 Å². The summed E-state index contributed by atoms with van der Waals surface area (Å²) in [4.78, 5) is 14.6. The molecular formula is C19H28ClFN2O. The lowest BCUT2D eigenvalue weighted by Gasteiger charge is -2.34. The summed E-state index contributed by atoms with van der Waals surface area (Å²) < 4.78 is 13.2. The molecule has 3 rings (SSSR count). The fourth-order valence-corrected chi connectivity index (χ4v) is 3.38. The van der Waals surface area contributed by atoms with Crippen LogP contribution in [0.5, 0.6) is 0 Å². The molecule has 0 spiro atoms. The zero-order chi connectivity index (χ0) is 16.2. The molecule has 1 saturated carbocycles. The molecule has 1 N–H and O–H groups in total. The fraction of sp³-hybridized carbons (Fsp3) is 0.632. The normalized spacial score (nSPS) is 19.7. The SMILES string of the molecule is CC(Cc1cccc(F)c1)C(=O)N1CCC(NCC2CC2)CC1.Cl. The number of nitrogens with one attached hydrogen (secondary N) is 1. The second kappa shape index (κ2) is 8.82. The molecule has 1 aliphatic carbocycles. The molecule has 24 heavy (non-hydrogen) atoms. The van der Waals surface area contributed by atoms with Crippen molar-refractivity contribution in [1.29, 1.82) is 0 Å². The van der Waals surface area contributed by atoms with E-state index >= 15 is 0 Å². The summed E-state index contributed by atoms with van der Waals surface area (Å²) in [5.74, 6) is 0.785. The first kappa shape index (κ1) is 19.2. The standard InChI is InChI=1S/C19H27FN2O.ClH/c1-14(11-16-3-2-4-17(20)12-16)19(23)22-9-7-18(8-10-22)21-13-15-5-6-15;/h2-4,12,14-15,18,21H,5-11,13H2,1H3;1H. The topological polar surface area (TPSA) is 32.3 Å². The van der Waals surface area contributed by atoms with E-state index in [0.29, 0.717) is 12.5 Å². The number of piperidine rings is 1. The van der Waals surface area contributed by atoms with Crippen molar-refractivity contribution in [2.24, 2.45) is 11.8 Å². The summed E-state index contributed by atoms with van der Waals surface area (Å²) in [5, 5.41) is 3.64. The van der Waals surface area contributed by atoms with Gasteiger partial charge in [-0.15, -0.1) is 12.4 Å². The fourth-order valence-electron chi connectivity index (χ4n) is 3.38. The number of likely N-dealkylation sites (tertiary alicyclic amines) is 1. The predicted octanol–water partition coefficient (Wildman–Crippen LogP) is 3.42. The number of halogens is 2. The van der Waals surface area contributed by atoms with Crippen LogP contribution in [0.3, 0.4) is 0 Å². The maximum Gasteiger partial charge on any atom is 0.225 e. The van der Waals surface area contributed by atoms with Gasteiger partial charge in [0, 0.05) is 25.0 Å². The van der Waals surface area contributed by atoms with Crippen LogP contribution in [-0.2, 0) is 11.2 Å². The van der Waals surface area contributed by atoms with Crippen molar-refractivity contribution in [2.45, 2.75) is 45.1 Å². The van der Waals surface area contributed by atoms with Crippen LogP contribution in [0.2, 0.25) is 0 Å². The number of hydrogen-bond donors (Lipinski definition) is 1. The number of carbonyl (C=O) groups is 1. The summed E-state index contributed by atoms with van der Waals surface area (Å²) >= 11 is 0. The molecule has 0 radical (unpaired) electrons. The van der Waals surface area contributed by atoms with Crippen LogP contribution in [0.1, 0.15) is 38.2 Å². The second-order valence-electron chi connectivity index (χ2n) is 7.19. The Balaban J connectivity index is 0.00000208. The van der Waals surface area contributed by atoms with Crippen LogP contribution in [0.15, 0.2) is 24.3 Å². The van der Waals surface area contributed by atoms with E-state index in [9.17, 15) is 9.18 Å². The van der Waals surface area contributed by atoms with E-state index in [1.165, 1.54) is 25.0 Å². The quantitative estimate of drug-likeness (QED) is 0.849. The van der Waals surface area contributed by atoms with Crippen LogP contribution >= 0.6 is 12.4 Å². The number of benzene rings is 1. The second-order valence-corrected chi connectivity index (χ2v) is 7.19. The van der Waals surface area contributed by atoms with Crippen molar-refractivity contribution in [3.63, 3.8) is 0 Å². The third kappa shape index (κ3) is 5.45. The molecule has 1 atom stereocenters. The van der Waals surface area contributed by atoms with Gasteiger partial charge in [-0.25, -0.2) is 4.39 Å². The van der Waals surface area contributed by atoms with E-state index in [-0.39, 0.29) is 30.0 Å². The first-order valence-electron chi connectivity index (χ1n) is 8.88. The third-order valence-electron chi connectivity index (χ3n) is 5.05. The Kier molecular flexibility index (Phi) is 7.05. The molecular weight excluding hydrogens is 327 g/mol. The Labute approximate surface area is 150 Å². The molecule has 1 saturated heterocycles. The smallest absolute Gasteiger partial charge is 0.225 e. The highest BCUT2D eigenvalue weighted by Crippen LogP contribution is 2.28. The summed E-state index contributed by atoms with van der Waals surface area (Å²) in [5.41, 5.74) is 0.895. The van der Waals surface area contributed by atoms with E-state index < -0.39 is 0 Å². The van der Waals surface area contributed by atoms with Crippen molar-refractivity contribution < 1.29 is 9.18 Å². The molecule has 1 amide bonds. The molecule has 0 bridgehead atoms. The average Bonchev–Trinajstić information content (AvgIpc) is 3.37. The van der Waals surface area contributed by atoms with Crippen LogP contribution < -0.4 is 5.32 Å². The minimum absolute atomic E-state index is 0. The van der Waals surface area contributed by atoms with E-state index in [1.807, 2.05) is 17.9 Å². The molecule has 1 aromatic carbocycles. The molecule has 1 unspecified atom stereocenters. The lowest BCUT2D eigenvalue weighted by atomic mass is 9.97. The van der Waals surface area contributed by atoms with E-state index in [1.54, 1.807) is 6.07 Å².